The van der Waals surface area contributed by atoms with Crippen LogP contribution in [0.25, 0.3) is 0 Å². The molecule has 1 atom stereocenters. The molecule has 0 saturated heterocycles. The Hall–Kier alpha value is -0.370. The number of hydrogen-bond acceptors (Lipinski definition) is 1. The van der Waals surface area contributed by atoms with Gasteiger partial charge in [-0.05, 0) is 13.3 Å². The largest absolute Gasteiger partial charge is 0.355 e. The Labute approximate surface area is 50.6 Å². The van der Waals surface area contributed by atoms with Crippen molar-refractivity contribution in [1.82, 2.24) is 0 Å². The van der Waals surface area contributed by atoms with E-state index in [1.54, 1.807) is 0 Å². The molecule has 0 aromatic rings. The Morgan fingerprint density at radius 1 is 1.75 bits per heavy atom. The lowest BCUT2D eigenvalue weighted by molar-refractivity contribution is -0.411. The van der Waals surface area contributed by atoms with Gasteiger partial charge in [-0.15, -0.1) is 0 Å². The van der Waals surface area contributed by atoms with Crippen LogP contribution in [0.2, 0.25) is 0 Å². The van der Waals surface area contributed by atoms with Crippen molar-refractivity contribution >= 4 is 5.71 Å². The lowest BCUT2D eigenvalue weighted by Crippen LogP contribution is -2.59. The Morgan fingerprint density at radius 3 is 2.38 bits per heavy atom. The molecule has 0 radical (unpaired) electrons. The molecular weight excluding hydrogens is 100 g/mol. The summed E-state index contributed by atoms with van der Waals surface area (Å²) in [5.74, 6) is 0. The van der Waals surface area contributed by atoms with Gasteiger partial charge < -0.3 is 11.1 Å². The van der Waals surface area contributed by atoms with Crippen molar-refractivity contribution in [2.24, 2.45) is 0 Å². The van der Waals surface area contributed by atoms with Gasteiger partial charge in [0.2, 0.25) is 0 Å². The summed E-state index contributed by atoms with van der Waals surface area (Å²) >= 11 is 0. The summed E-state index contributed by atoms with van der Waals surface area (Å²) in [5.41, 5.74) is 4.60. The Morgan fingerprint density at radius 2 is 2.25 bits per heavy atom. The van der Waals surface area contributed by atoms with Gasteiger partial charge in [0.15, 0.2) is 0 Å². The second-order valence-corrected chi connectivity index (χ2v) is 2.27. The maximum absolute atomic E-state index is 7.23. The fourth-order valence-electron chi connectivity index (χ4n) is 0.565. The standard InChI is InChI=1S/C6H14N2/c1-3-6(8)4-5(2)7/h5,8H,3-4,7H2,1-2H3/p+1. The third-order valence-corrected chi connectivity index (χ3v) is 1.02. The lowest BCUT2D eigenvalue weighted by atomic mass is 10.1. The number of nitrogens with one attached hydrogen (secondary N) is 1. The van der Waals surface area contributed by atoms with Gasteiger partial charge in [0.1, 0.15) is 0 Å². The average molecular weight is 115 g/mol. The first-order valence-electron chi connectivity index (χ1n) is 3.06. The van der Waals surface area contributed by atoms with Crippen molar-refractivity contribution in [3.05, 3.63) is 0 Å². The molecule has 48 valence electrons. The van der Waals surface area contributed by atoms with Gasteiger partial charge >= 0.3 is 0 Å². The van der Waals surface area contributed by atoms with E-state index in [0.29, 0.717) is 6.04 Å². The van der Waals surface area contributed by atoms with E-state index in [-0.39, 0.29) is 0 Å². The van der Waals surface area contributed by atoms with Crippen molar-refractivity contribution in [2.75, 3.05) is 0 Å². The Bertz CT molecular complexity index is 76.6. The summed E-state index contributed by atoms with van der Waals surface area (Å²) in [6.07, 6.45) is 1.73. The van der Waals surface area contributed by atoms with Crippen LogP contribution in [0.4, 0.5) is 0 Å². The molecule has 0 heterocycles. The van der Waals surface area contributed by atoms with Crippen LogP contribution >= 0.6 is 0 Å². The summed E-state index contributed by atoms with van der Waals surface area (Å²) in [7, 11) is 0. The van der Waals surface area contributed by atoms with Gasteiger partial charge in [-0.25, -0.2) is 0 Å². The molecule has 1 unspecified atom stereocenters. The van der Waals surface area contributed by atoms with E-state index in [2.05, 4.69) is 5.73 Å². The highest BCUT2D eigenvalue weighted by atomic mass is 14.6. The normalized spacial score (nSPS) is 13.4. The van der Waals surface area contributed by atoms with E-state index < -0.39 is 0 Å². The fourth-order valence-corrected chi connectivity index (χ4v) is 0.565. The first-order valence-corrected chi connectivity index (χ1v) is 3.06. The van der Waals surface area contributed by atoms with Crippen molar-refractivity contribution in [3.63, 3.8) is 0 Å². The van der Waals surface area contributed by atoms with E-state index in [1.165, 1.54) is 0 Å². The molecule has 0 fully saturated rings. The summed E-state index contributed by atoms with van der Waals surface area (Å²) < 4.78 is 0. The first-order chi connectivity index (χ1) is 3.66. The summed E-state index contributed by atoms with van der Waals surface area (Å²) in [6.45, 7) is 4.04. The summed E-state index contributed by atoms with van der Waals surface area (Å²) in [6, 6.07) is 0.405. The molecule has 0 bridgehead atoms. The monoisotopic (exact) mass is 115 g/mol. The topological polar surface area (TPSA) is 51.5 Å². The van der Waals surface area contributed by atoms with Gasteiger partial charge in [-0.3, -0.25) is 0 Å². The molecule has 8 heavy (non-hydrogen) atoms. The van der Waals surface area contributed by atoms with E-state index in [9.17, 15) is 0 Å². The lowest BCUT2D eigenvalue weighted by Gasteiger charge is -1.99. The smallest absolute Gasteiger partial charge is 0.0867 e. The predicted octanol–water partition coefficient (Wildman–Crippen LogP) is 0.437. The fraction of sp³-hybridized carbons (Fsp3) is 0.833. The van der Waals surface area contributed by atoms with Crippen LogP contribution < -0.4 is 5.73 Å². The maximum atomic E-state index is 7.23. The minimum absolute atomic E-state index is 0.405. The quantitative estimate of drug-likeness (QED) is 0.501. The molecule has 0 aliphatic carbocycles. The van der Waals surface area contributed by atoms with Gasteiger partial charge in [0.05, 0.1) is 6.04 Å². The zero-order valence-corrected chi connectivity index (χ0v) is 5.70. The van der Waals surface area contributed by atoms with Gasteiger partial charge in [-0.1, -0.05) is 6.92 Å². The third-order valence-electron chi connectivity index (χ3n) is 1.02. The zero-order valence-electron chi connectivity index (χ0n) is 5.70. The van der Waals surface area contributed by atoms with Crippen LogP contribution in [0, 0.1) is 5.41 Å². The van der Waals surface area contributed by atoms with Crippen LogP contribution in [0.5, 0.6) is 0 Å². The van der Waals surface area contributed by atoms with Crippen molar-refractivity contribution in [3.8, 4) is 0 Å². The minimum Gasteiger partial charge on any atom is -0.355 e. The molecule has 0 rings (SSSR count). The van der Waals surface area contributed by atoms with Crippen LogP contribution in [-0.4, -0.2) is 11.8 Å². The molecule has 0 saturated carbocycles. The summed E-state index contributed by atoms with van der Waals surface area (Å²) in [4.78, 5) is 0. The zero-order chi connectivity index (χ0) is 6.57. The summed E-state index contributed by atoms with van der Waals surface area (Å²) in [5, 5.41) is 7.23. The molecule has 0 aromatic carbocycles. The molecule has 2 heteroatoms. The molecule has 0 amide bonds. The Kier molecular flexibility index (Phi) is 3.44. The number of rotatable bonds is 3. The van der Waals surface area contributed by atoms with E-state index >= 15 is 0 Å². The van der Waals surface area contributed by atoms with Crippen molar-refractivity contribution in [2.45, 2.75) is 32.7 Å². The predicted molar refractivity (Wildman–Crippen MR) is 35.0 cm³/mol. The maximum Gasteiger partial charge on any atom is 0.0867 e. The number of hydrogen-bond donors (Lipinski definition) is 2. The van der Waals surface area contributed by atoms with E-state index in [0.717, 1.165) is 18.6 Å². The molecule has 0 aromatic heterocycles. The van der Waals surface area contributed by atoms with Gasteiger partial charge in [0.25, 0.3) is 0 Å². The van der Waals surface area contributed by atoms with Crippen LogP contribution in [0.1, 0.15) is 26.7 Å². The molecule has 0 aliphatic rings. The average Bonchev–Trinajstić information content (AvgIpc) is 1.65. The molecular formula is C6H15N2+. The minimum atomic E-state index is 0.405. The second-order valence-electron chi connectivity index (χ2n) is 2.27. The van der Waals surface area contributed by atoms with E-state index in [1.807, 2.05) is 13.8 Å². The van der Waals surface area contributed by atoms with Crippen LogP contribution in [0.15, 0.2) is 0 Å². The molecule has 0 aliphatic heterocycles. The highest BCUT2D eigenvalue weighted by Gasteiger charge is 1.99. The molecule has 0 spiro atoms. The Balaban J connectivity index is 3.25. The SMILES string of the molecule is CCC(=N)CC(C)[NH3+]. The van der Waals surface area contributed by atoms with Gasteiger partial charge in [-0.2, -0.15) is 0 Å². The molecule has 4 N–H and O–H groups in total. The highest BCUT2D eigenvalue weighted by molar-refractivity contribution is 5.81. The van der Waals surface area contributed by atoms with E-state index in [4.69, 9.17) is 5.41 Å². The highest BCUT2D eigenvalue weighted by Crippen LogP contribution is 1.90. The first kappa shape index (κ1) is 7.63. The van der Waals surface area contributed by atoms with Crippen molar-refractivity contribution < 1.29 is 5.73 Å². The second kappa shape index (κ2) is 3.61. The number of quaternary nitrogens is 1. The van der Waals surface area contributed by atoms with Crippen LogP contribution in [0.3, 0.4) is 0 Å². The van der Waals surface area contributed by atoms with Gasteiger partial charge in [0, 0.05) is 12.1 Å². The van der Waals surface area contributed by atoms with Crippen LogP contribution in [-0.2, 0) is 0 Å². The van der Waals surface area contributed by atoms with Crippen molar-refractivity contribution in [1.29, 1.82) is 5.41 Å². The third kappa shape index (κ3) is 3.81. The molecule has 2 nitrogen and oxygen atoms in total.